The van der Waals surface area contributed by atoms with Crippen molar-refractivity contribution in [3.8, 4) is 5.75 Å². The van der Waals surface area contributed by atoms with Gasteiger partial charge in [0, 0.05) is 11.7 Å². The van der Waals surface area contributed by atoms with Crippen LogP contribution in [0.2, 0.25) is 0 Å². The molecule has 0 bridgehead atoms. The number of nitrogens with one attached hydrogen (secondary N) is 1. The summed E-state index contributed by atoms with van der Waals surface area (Å²) in [5.74, 6) is -0.333. The minimum Gasteiger partial charge on any atom is -0.508 e. The van der Waals surface area contributed by atoms with Crippen LogP contribution in [0.3, 0.4) is 0 Å². The first-order chi connectivity index (χ1) is 12.1. The lowest BCUT2D eigenvalue weighted by Crippen LogP contribution is -2.01. The molecule has 0 spiro atoms. The molecule has 3 rings (SSSR count). The van der Waals surface area contributed by atoms with Crippen molar-refractivity contribution in [1.82, 2.24) is 4.98 Å². The molecule has 0 unspecified atom stereocenters. The molecule has 2 N–H and O–H groups in total. The van der Waals surface area contributed by atoms with Crippen molar-refractivity contribution in [2.24, 2.45) is 0 Å². The van der Waals surface area contributed by atoms with Gasteiger partial charge in [-0.3, -0.25) is 9.59 Å². The maximum atomic E-state index is 11.9. The van der Waals surface area contributed by atoms with Gasteiger partial charge >= 0.3 is 0 Å². The topological polar surface area (TPSA) is 70.2 Å². The van der Waals surface area contributed by atoms with E-state index in [1.807, 2.05) is 30.5 Å². The van der Waals surface area contributed by atoms with Gasteiger partial charge in [-0.25, -0.2) is 0 Å². The molecule has 3 aromatic rings. The van der Waals surface area contributed by atoms with Crippen LogP contribution in [0, 0.1) is 0 Å². The fraction of sp³-hybridized carbons (Fsp3) is 0.0476. The lowest BCUT2D eigenvalue weighted by Gasteiger charge is -1.96. The van der Waals surface area contributed by atoms with Gasteiger partial charge in [-0.05, 0) is 59.0 Å². The summed E-state index contributed by atoms with van der Waals surface area (Å²) in [6.07, 6.45) is 7.84. The van der Waals surface area contributed by atoms with Crippen molar-refractivity contribution in [3.05, 3.63) is 78.0 Å². The fourth-order valence-corrected chi connectivity index (χ4v) is 2.43. The van der Waals surface area contributed by atoms with E-state index in [-0.39, 0.29) is 23.7 Å². The third kappa shape index (κ3) is 4.54. The molecule has 2 aromatic carbocycles. The van der Waals surface area contributed by atoms with E-state index in [1.54, 1.807) is 36.4 Å². The summed E-state index contributed by atoms with van der Waals surface area (Å²) in [7, 11) is 0. The number of carbonyl (C=O) groups excluding carboxylic acids is 2. The predicted molar refractivity (Wildman–Crippen MR) is 99.1 cm³/mol. The Morgan fingerprint density at radius 3 is 2.24 bits per heavy atom. The van der Waals surface area contributed by atoms with E-state index in [2.05, 4.69) is 4.98 Å². The SMILES string of the molecule is O=C(/C=C/c1ccc(O)cc1)CC(=O)/C=C/c1ccc2[nH]ccc2c1. The maximum absolute atomic E-state index is 11.9. The predicted octanol–water partition coefficient (Wildman–Crippen LogP) is 4.13. The highest BCUT2D eigenvalue weighted by Crippen LogP contribution is 2.15. The molecular formula is C21H17NO3. The smallest absolute Gasteiger partial charge is 0.163 e. The molecule has 0 saturated heterocycles. The first-order valence-electron chi connectivity index (χ1n) is 7.88. The molecule has 4 nitrogen and oxygen atoms in total. The van der Waals surface area contributed by atoms with Gasteiger partial charge in [-0.2, -0.15) is 0 Å². The van der Waals surface area contributed by atoms with Crippen molar-refractivity contribution in [1.29, 1.82) is 0 Å². The first-order valence-corrected chi connectivity index (χ1v) is 7.88. The summed E-state index contributed by atoms with van der Waals surface area (Å²) >= 11 is 0. The van der Waals surface area contributed by atoms with Gasteiger partial charge in [0.05, 0.1) is 6.42 Å². The molecule has 0 aliphatic carbocycles. The summed E-state index contributed by atoms with van der Waals surface area (Å²) in [6, 6.07) is 14.3. The Labute approximate surface area is 145 Å². The molecule has 4 heteroatoms. The number of aromatic amines is 1. The van der Waals surface area contributed by atoms with Crippen LogP contribution in [0.5, 0.6) is 5.75 Å². The number of fused-ring (bicyclic) bond motifs is 1. The minimum absolute atomic E-state index is 0.168. The lowest BCUT2D eigenvalue weighted by atomic mass is 10.1. The number of phenolic OH excluding ortho intramolecular Hbond substituents is 1. The second kappa shape index (κ2) is 7.45. The number of ketones is 2. The third-order valence-corrected chi connectivity index (χ3v) is 3.74. The molecule has 0 amide bonds. The van der Waals surface area contributed by atoms with Crippen molar-refractivity contribution >= 4 is 34.6 Å². The summed E-state index contributed by atoms with van der Waals surface area (Å²) in [5.41, 5.74) is 2.74. The van der Waals surface area contributed by atoms with E-state index in [9.17, 15) is 14.7 Å². The number of benzene rings is 2. The Morgan fingerprint density at radius 1 is 0.880 bits per heavy atom. The number of H-pyrrole nitrogens is 1. The maximum Gasteiger partial charge on any atom is 0.163 e. The molecule has 124 valence electrons. The molecule has 0 atom stereocenters. The summed E-state index contributed by atoms with van der Waals surface area (Å²) < 4.78 is 0. The second-order valence-electron chi connectivity index (χ2n) is 5.69. The van der Waals surface area contributed by atoms with Gasteiger partial charge in [-0.15, -0.1) is 0 Å². The Kier molecular flexibility index (Phi) is 4.90. The van der Waals surface area contributed by atoms with Crippen LogP contribution in [-0.2, 0) is 9.59 Å². The summed E-state index contributed by atoms with van der Waals surface area (Å²) in [5, 5.41) is 10.3. The minimum atomic E-state index is -0.260. The summed E-state index contributed by atoms with van der Waals surface area (Å²) in [4.78, 5) is 26.9. The molecule has 0 aliphatic heterocycles. The Morgan fingerprint density at radius 2 is 1.52 bits per heavy atom. The number of hydrogen-bond donors (Lipinski definition) is 2. The fourth-order valence-electron chi connectivity index (χ4n) is 2.43. The van der Waals surface area contributed by atoms with Gasteiger partial charge in [0.1, 0.15) is 5.75 Å². The zero-order valence-electron chi connectivity index (χ0n) is 13.5. The van der Waals surface area contributed by atoms with Crippen molar-refractivity contribution in [3.63, 3.8) is 0 Å². The third-order valence-electron chi connectivity index (χ3n) is 3.74. The van der Waals surface area contributed by atoms with Crippen molar-refractivity contribution in [2.75, 3.05) is 0 Å². The average Bonchev–Trinajstić information content (AvgIpc) is 3.07. The quantitative estimate of drug-likeness (QED) is 0.527. The average molecular weight is 331 g/mol. The highest BCUT2D eigenvalue weighted by atomic mass is 16.3. The number of phenols is 1. The Balaban J connectivity index is 1.57. The van der Waals surface area contributed by atoms with Crippen LogP contribution in [0.25, 0.3) is 23.1 Å². The van der Waals surface area contributed by atoms with Gasteiger partial charge in [0.2, 0.25) is 0 Å². The zero-order chi connectivity index (χ0) is 17.6. The Hall–Kier alpha value is -3.40. The molecule has 0 saturated carbocycles. The zero-order valence-corrected chi connectivity index (χ0v) is 13.5. The molecule has 0 fully saturated rings. The molecular weight excluding hydrogens is 314 g/mol. The normalized spacial score (nSPS) is 11.5. The largest absolute Gasteiger partial charge is 0.508 e. The van der Waals surface area contributed by atoms with Crippen LogP contribution in [0.15, 0.2) is 66.9 Å². The number of aromatic nitrogens is 1. The van der Waals surface area contributed by atoms with Crippen molar-refractivity contribution in [2.45, 2.75) is 6.42 Å². The van der Waals surface area contributed by atoms with Gasteiger partial charge in [0.25, 0.3) is 0 Å². The number of carbonyl (C=O) groups is 2. The lowest BCUT2D eigenvalue weighted by molar-refractivity contribution is -0.121. The van der Waals surface area contributed by atoms with E-state index < -0.39 is 0 Å². The number of rotatable bonds is 6. The van der Waals surface area contributed by atoms with Gasteiger partial charge in [-0.1, -0.05) is 30.4 Å². The van der Waals surface area contributed by atoms with Gasteiger partial charge in [0.15, 0.2) is 11.6 Å². The highest BCUT2D eigenvalue weighted by molar-refractivity contribution is 6.11. The first kappa shape index (κ1) is 16.5. The molecule has 0 radical (unpaired) electrons. The standard InChI is InChI=1S/C21H17NO3/c23-18-6-1-15(2-7-18)3-8-19(24)14-20(25)9-4-16-5-10-21-17(13-16)11-12-22-21/h1-13,22-23H,14H2/b8-3+,9-4+. The van der Waals surface area contributed by atoms with Crippen molar-refractivity contribution < 1.29 is 14.7 Å². The molecule has 25 heavy (non-hydrogen) atoms. The number of hydrogen-bond acceptors (Lipinski definition) is 3. The second-order valence-corrected chi connectivity index (χ2v) is 5.69. The van der Waals surface area contributed by atoms with E-state index in [0.717, 1.165) is 22.0 Å². The Bertz CT molecular complexity index is 962. The van der Waals surface area contributed by atoms with E-state index in [0.29, 0.717) is 0 Å². The van der Waals surface area contributed by atoms with E-state index in [1.165, 1.54) is 12.2 Å². The monoisotopic (exact) mass is 331 g/mol. The summed E-state index contributed by atoms with van der Waals surface area (Å²) in [6.45, 7) is 0. The van der Waals surface area contributed by atoms with Crippen LogP contribution in [0.1, 0.15) is 17.5 Å². The van der Waals surface area contributed by atoms with E-state index >= 15 is 0 Å². The van der Waals surface area contributed by atoms with Crippen LogP contribution in [-0.4, -0.2) is 21.7 Å². The molecule has 0 aliphatic rings. The molecule has 1 aromatic heterocycles. The molecule has 1 heterocycles. The van der Waals surface area contributed by atoms with Crippen LogP contribution < -0.4 is 0 Å². The number of allylic oxidation sites excluding steroid dienone is 2. The van der Waals surface area contributed by atoms with E-state index in [4.69, 9.17) is 0 Å². The highest BCUT2D eigenvalue weighted by Gasteiger charge is 2.04. The van der Waals surface area contributed by atoms with Crippen LogP contribution >= 0.6 is 0 Å². The van der Waals surface area contributed by atoms with Gasteiger partial charge < -0.3 is 10.1 Å². The number of aromatic hydroxyl groups is 1. The van der Waals surface area contributed by atoms with Crippen LogP contribution in [0.4, 0.5) is 0 Å².